The number of amides is 1. The van der Waals surface area contributed by atoms with Crippen molar-refractivity contribution in [3.63, 3.8) is 0 Å². The number of hydrogen-bond acceptors (Lipinski definition) is 2. The smallest absolute Gasteiger partial charge is 0.326 e. The number of rotatable bonds is 3. The van der Waals surface area contributed by atoms with E-state index in [1.807, 2.05) is 0 Å². The van der Waals surface area contributed by atoms with Gasteiger partial charge in [0.25, 0.3) is 0 Å². The van der Waals surface area contributed by atoms with Crippen molar-refractivity contribution in [1.29, 1.82) is 0 Å². The lowest BCUT2D eigenvalue weighted by molar-refractivity contribution is -0.114. The van der Waals surface area contributed by atoms with Crippen molar-refractivity contribution in [2.24, 2.45) is 0 Å². The van der Waals surface area contributed by atoms with Crippen molar-refractivity contribution in [3.05, 3.63) is 23.8 Å². The highest BCUT2D eigenvalue weighted by Crippen LogP contribution is 2.31. The number of carbonyl (C=O) groups excluding carboxylic acids is 1. The van der Waals surface area contributed by atoms with Gasteiger partial charge >= 0.3 is 6.18 Å². The second-order valence-electron chi connectivity index (χ2n) is 3.57. The van der Waals surface area contributed by atoms with E-state index in [2.05, 4.69) is 5.32 Å². The first kappa shape index (κ1) is 13.9. The summed E-state index contributed by atoms with van der Waals surface area (Å²) in [6.07, 6.45) is -4.19. The van der Waals surface area contributed by atoms with Crippen LogP contribution in [0.15, 0.2) is 23.1 Å². The van der Waals surface area contributed by atoms with E-state index in [-0.39, 0.29) is 5.91 Å². The van der Waals surface area contributed by atoms with Gasteiger partial charge in [-0.05, 0) is 24.6 Å². The number of carbonyl (C=O) groups is 1. The van der Waals surface area contributed by atoms with Crippen LogP contribution in [0.3, 0.4) is 0 Å². The number of hydrogen-bond donors (Lipinski definition) is 1. The molecule has 0 saturated carbocycles. The molecule has 0 saturated heterocycles. The van der Waals surface area contributed by atoms with E-state index in [1.165, 1.54) is 6.92 Å². The first-order valence-electron chi connectivity index (χ1n) is 4.86. The van der Waals surface area contributed by atoms with Gasteiger partial charge in [0.1, 0.15) is 0 Å². The van der Waals surface area contributed by atoms with E-state index in [0.717, 1.165) is 17.3 Å². The number of alkyl halides is 3. The van der Waals surface area contributed by atoms with Gasteiger partial charge in [-0.1, -0.05) is 6.07 Å². The summed E-state index contributed by atoms with van der Waals surface area (Å²) in [5.41, 5.74) is 1.26. The molecular formula is C11H12F3NOS. The van der Waals surface area contributed by atoms with Crippen LogP contribution in [0.5, 0.6) is 0 Å². The minimum atomic E-state index is -4.19. The van der Waals surface area contributed by atoms with Crippen LogP contribution < -0.4 is 5.32 Å². The summed E-state index contributed by atoms with van der Waals surface area (Å²) in [6, 6.07) is 4.89. The summed E-state index contributed by atoms with van der Waals surface area (Å²) < 4.78 is 36.3. The molecule has 17 heavy (non-hydrogen) atoms. The molecule has 0 fully saturated rings. The predicted octanol–water partition coefficient (Wildman–Crippen LogP) is 3.61. The van der Waals surface area contributed by atoms with E-state index in [1.54, 1.807) is 25.1 Å². The fourth-order valence-corrected chi connectivity index (χ4v) is 2.02. The molecule has 1 aromatic rings. The SMILES string of the molecule is CC(=O)Nc1ccc(C)c(SCC(F)(F)F)c1. The molecule has 0 radical (unpaired) electrons. The lowest BCUT2D eigenvalue weighted by atomic mass is 10.2. The zero-order chi connectivity index (χ0) is 13.1. The summed E-state index contributed by atoms with van der Waals surface area (Å²) in [5.74, 6) is -1.18. The summed E-state index contributed by atoms with van der Waals surface area (Å²) >= 11 is 0.719. The highest BCUT2D eigenvalue weighted by molar-refractivity contribution is 7.99. The maximum atomic E-state index is 12.1. The molecule has 0 aliphatic carbocycles. The van der Waals surface area contributed by atoms with Gasteiger partial charge in [0, 0.05) is 17.5 Å². The predicted molar refractivity (Wildman–Crippen MR) is 62.3 cm³/mol. The third kappa shape index (κ3) is 5.12. The van der Waals surface area contributed by atoms with E-state index in [4.69, 9.17) is 0 Å². The fraction of sp³-hybridized carbons (Fsp3) is 0.364. The van der Waals surface area contributed by atoms with Gasteiger partial charge in [-0.2, -0.15) is 13.2 Å². The number of thioether (sulfide) groups is 1. The number of aryl methyl sites for hydroxylation is 1. The standard InChI is InChI=1S/C11H12F3NOS/c1-7-3-4-9(15-8(2)16)5-10(7)17-6-11(12,13)14/h3-5H,6H2,1-2H3,(H,15,16). The highest BCUT2D eigenvalue weighted by atomic mass is 32.2. The topological polar surface area (TPSA) is 29.1 Å². The van der Waals surface area contributed by atoms with Crippen LogP contribution in [-0.2, 0) is 4.79 Å². The molecule has 1 N–H and O–H groups in total. The minimum absolute atomic E-state index is 0.249. The van der Waals surface area contributed by atoms with Crippen LogP contribution in [0, 0.1) is 6.92 Å². The minimum Gasteiger partial charge on any atom is -0.326 e. The molecule has 6 heteroatoms. The largest absolute Gasteiger partial charge is 0.398 e. The molecular weight excluding hydrogens is 251 g/mol. The number of halogens is 3. The molecule has 0 heterocycles. The van der Waals surface area contributed by atoms with Crippen molar-refractivity contribution in [2.75, 3.05) is 11.1 Å². The average molecular weight is 263 g/mol. The van der Waals surface area contributed by atoms with E-state index in [9.17, 15) is 18.0 Å². The molecule has 0 aromatic heterocycles. The van der Waals surface area contributed by atoms with Crippen LogP contribution in [-0.4, -0.2) is 17.8 Å². The average Bonchev–Trinajstić information content (AvgIpc) is 2.17. The van der Waals surface area contributed by atoms with E-state index in [0.29, 0.717) is 10.6 Å². The van der Waals surface area contributed by atoms with Crippen LogP contribution in [0.25, 0.3) is 0 Å². The first-order valence-corrected chi connectivity index (χ1v) is 5.84. The molecule has 0 aliphatic rings. The monoisotopic (exact) mass is 263 g/mol. The molecule has 1 rings (SSSR count). The first-order chi connectivity index (χ1) is 7.78. The Hall–Kier alpha value is -1.17. The Kier molecular flexibility index (Phi) is 4.45. The van der Waals surface area contributed by atoms with Crippen LogP contribution in [0.2, 0.25) is 0 Å². The van der Waals surface area contributed by atoms with Gasteiger partial charge in [0.15, 0.2) is 0 Å². The van der Waals surface area contributed by atoms with Gasteiger partial charge in [-0.15, -0.1) is 11.8 Å². The maximum Gasteiger partial charge on any atom is 0.398 e. The molecule has 0 aliphatic heterocycles. The number of benzene rings is 1. The number of nitrogens with one attached hydrogen (secondary N) is 1. The summed E-state index contributed by atoms with van der Waals surface area (Å²) in [6.45, 7) is 3.08. The Balaban J connectivity index is 2.80. The van der Waals surface area contributed by atoms with Gasteiger partial charge in [-0.3, -0.25) is 4.79 Å². The van der Waals surface area contributed by atoms with Crippen molar-refractivity contribution >= 4 is 23.4 Å². The van der Waals surface area contributed by atoms with Crippen LogP contribution in [0.4, 0.5) is 18.9 Å². The highest BCUT2D eigenvalue weighted by Gasteiger charge is 2.27. The lowest BCUT2D eigenvalue weighted by Gasteiger charge is -2.10. The molecule has 0 spiro atoms. The van der Waals surface area contributed by atoms with Crippen molar-refractivity contribution in [2.45, 2.75) is 24.9 Å². The van der Waals surface area contributed by atoms with Crippen molar-refractivity contribution < 1.29 is 18.0 Å². The van der Waals surface area contributed by atoms with Crippen molar-refractivity contribution in [3.8, 4) is 0 Å². The molecule has 1 amide bonds. The number of anilines is 1. The Morgan fingerprint density at radius 2 is 2.06 bits per heavy atom. The lowest BCUT2D eigenvalue weighted by Crippen LogP contribution is -2.11. The van der Waals surface area contributed by atoms with Gasteiger partial charge in [0.2, 0.25) is 5.91 Å². The van der Waals surface area contributed by atoms with Crippen LogP contribution >= 0.6 is 11.8 Å². The van der Waals surface area contributed by atoms with Gasteiger partial charge in [-0.25, -0.2) is 0 Å². The Bertz CT molecular complexity index is 418. The quantitative estimate of drug-likeness (QED) is 0.844. The zero-order valence-corrected chi connectivity index (χ0v) is 10.2. The second kappa shape index (κ2) is 5.44. The third-order valence-electron chi connectivity index (χ3n) is 1.90. The summed E-state index contributed by atoms with van der Waals surface area (Å²) in [5, 5.41) is 2.54. The van der Waals surface area contributed by atoms with Gasteiger partial charge < -0.3 is 5.32 Å². The molecule has 1 aromatic carbocycles. The molecule has 0 bridgehead atoms. The Morgan fingerprint density at radius 1 is 1.41 bits per heavy atom. The second-order valence-corrected chi connectivity index (χ2v) is 4.58. The summed E-state index contributed by atoms with van der Waals surface area (Å²) in [7, 11) is 0. The normalized spacial score (nSPS) is 11.4. The van der Waals surface area contributed by atoms with Crippen LogP contribution in [0.1, 0.15) is 12.5 Å². The third-order valence-corrected chi connectivity index (χ3v) is 3.12. The van der Waals surface area contributed by atoms with E-state index < -0.39 is 11.9 Å². The molecule has 2 nitrogen and oxygen atoms in total. The Morgan fingerprint density at radius 3 is 2.59 bits per heavy atom. The van der Waals surface area contributed by atoms with Crippen molar-refractivity contribution in [1.82, 2.24) is 0 Å². The molecule has 0 unspecified atom stereocenters. The van der Waals surface area contributed by atoms with Gasteiger partial charge in [0.05, 0.1) is 5.75 Å². The fourth-order valence-electron chi connectivity index (χ4n) is 1.20. The Labute approximate surface area is 102 Å². The molecule has 0 atom stereocenters. The van der Waals surface area contributed by atoms with E-state index >= 15 is 0 Å². The zero-order valence-electron chi connectivity index (χ0n) is 9.39. The maximum absolute atomic E-state index is 12.1. The summed E-state index contributed by atoms with van der Waals surface area (Å²) in [4.78, 5) is 11.4. The molecule has 94 valence electrons.